The maximum absolute atomic E-state index is 11.7. The molecule has 0 aromatic carbocycles. The molecular formula is C15H25N3O2S. The van der Waals surface area contributed by atoms with Gasteiger partial charge >= 0.3 is 6.03 Å². The van der Waals surface area contributed by atoms with Crippen LogP contribution in [0.1, 0.15) is 43.2 Å². The number of urea groups is 1. The van der Waals surface area contributed by atoms with E-state index in [1.165, 1.54) is 19.3 Å². The Morgan fingerprint density at radius 3 is 2.95 bits per heavy atom. The van der Waals surface area contributed by atoms with Crippen LogP contribution in [-0.2, 0) is 11.3 Å². The van der Waals surface area contributed by atoms with Gasteiger partial charge in [0.2, 0.25) is 0 Å². The molecule has 21 heavy (non-hydrogen) atoms. The Balaban J connectivity index is 1.56. The van der Waals surface area contributed by atoms with Gasteiger partial charge in [-0.15, -0.1) is 11.3 Å². The van der Waals surface area contributed by atoms with E-state index in [1.54, 1.807) is 16.8 Å². The normalized spacial score (nSPS) is 22.0. The highest BCUT2D eigenvalue weighted by molar-refractivity contribution is 7.09. The van der Waals surface area contributed by atoms with Crippen LogP contribution in [0.25, 0.3) is 0 Å². The van der Waals surface area contributed by atoms with Gasteiger partial charge in [-0.25, -0.2) is 9.78 Å². The van der Waals surface area contributed by atoms with Gasteiger partial charge in [0.05, 0.1) is 30.5 Å². The summed E-state index contributed by atoms with van der Waals surface area (Å²) in [6.45, 7) is 5.87. The molecule has 5 nitrogen and oxygen atoms in total. The molecule has 2 atom stereocenters. The fraction of sp³-hybridized carbons (Fsp3) is 0.733. The maximum atomic E-state index is 11.7. The van der Waals surface area contributed by atoms with Crippen molar-refractivity contribution in [3.63, 3.8) is 0 Å². The van der Waals surface area contributed by atoms with Gasteiger partial charge < -0.3 is 15.4 Å². The van der Waals surface area contributed by atoms with Crippen molar-refractivity contribution >= 4 is 17.4 Å². The van der Waals surface area contributed by atoms with E-state index in [4.69, 9.17) is 4.74 Å². The molecule has 1 aliphatic carbocycles. The molecule has 2 N–H and O–H groups in total. The lowest BCUT2D eigenvalue weighted by molar-refractivity contribution is -0.00243. The Bertz CT molecular complexity index is 450. The smallest absolute Gasteiger partial charge is 0.315 e. The van der Waals surface area contributed by atoms with Crippen molar-refractivity contribution in [2.45, 2.75) is 52.2 Å². The van der Waals surface area contributed by atoms with Crippen molar-refractivity contribution in [3.05, 3.63) is 16.1 Å². The fourth-order valence-corrected chi connectivity index (χ4v) is 3.34. The standard InChI is InChI=1S/C15H25N3O2S/c1-11-5-3-4-6-13(11)20-8-7-16-15(19)17-9-14-12(2)18-10-21-14/h10-11,13H,3-9H2,1-2H3,(H2,16,17,19). The summed E-state index contributed by atoms with van der Waals surface area (Å²) in [6.07, 6.45) is 5.35. The summed E-state index contributed by atoms with van der Waals surface area (Å²) < 4.78 is 5.86. The Morgan fingerprint density at radius 1 is 1.43 bits per heavy atom. The molecule has 6 heteroatoms. The molecule has 1 aromatic heterocycles. The highest BCUT2D eigenvalue weighted by Crippen LogP contribution is 2.25. The summed E-state index contributed by atoms with van der Waals surface area (Å²) in [4.78, 5) is 16.9. The van der Waals surface area contributed by atoms with Crippen LogP contribution >= 0.6 is 11.3 Å². The fourth-order valence-electron chi connectivity index (χ4n) is 2.62. The van der Waals surface area contributed by atoms with Crippen LogP contribution in [0.15, 0.2) is 5.51 Å². The minimum absolute atomic E-state index is 0.150. The average Bonchev–Trinajstić information content (AvgIpc) is 2.88. The van der Waals surface area contributed by atoms with E-state index in [2.05, 4.69) is 22.5 Å². The van der Waals surface area contributed by atoms with E-state index in [0.717, 1.165) is 17.0 Å². The van der Waals surface area contributed by atoms with Crippen LogP contribution in [0.2, 0.25) is 0 Å². The minimum Gasteiger partial charge on any atom is -0.376 e. The molecule has 2 unspecified atom stereocenters. The van der Waals surface area contributed by atoms with E-state index in [-0.39, 0.29) is 6.03 Å². The van der Waals surface area contributed by atoms with Crippen LogP contribution in [0.4, 0.5) is 4.79 Å². The molecule has 2 amide bonds. The third-order valence-corrected chi connectivity index (χ3v) is 4.94. The second-order valence-corrected chi connectivity index (χ2v) is 6.58. The van der Waals surface area contributed by atoms with Crippen LogP contribution < -0.4 is 10.6 Å². The van der Waals surface area contributed by atoms with Crippen molar-refractivity contribution in [2.24, 2.45) is 5.92 Å². The maximum Gasteiger partial charge on any atom is 0.315 e. The molecule has 1 saturated carbocycles. The summed E-state index contributed by atoms with van der Waals surface area (Å²) in [7, 11) is 0. The van der Waals surface area contributed by atoms with Gasteiger partial charge in [0.1, 0.15) is 0 Å². The molecule has 0 aliphatic heterocycles. The predicted octanol–water partition coefficient (Wildman–Crippen LogP) is 2.85. The van der Waals surface area contributed by atoms with Crippen LogP contribution in [0.3, 0.4) is 0 Å². The number of aryl methyl sites for hydroxylation is 1. The number of hydrogen-bond donors (Lipinski definition) is 2. The third-order valence-electron chi connectivity index (χ3n) is 4.01. The molecule has 1 fully saturated rings. The zero-order valence-electron chi connectivity index (χ0n) is 12.9. The Labute approximate surface area is 130 Å². The summed E-state index contributed by atoms with van der Waals surface area (Å²) in [5.74, 6) is 0.641. The first-order valence-electron chi connectivity index (χ1n) is 7.69. The molecule has 2 rings (SSSR count). The first kappa shape index (κ1) is 16.2. The number of carbonyl (C=O) groups is 1. The monoisotopic (exact) mass is 311 g/mol. The molecule has 0 spiro atoms. The topological polar surface area (TPSA) is 63.2 Å². The molecular weight excluding hydrogens is 286 g/mol. The van der Waals surface area contributed by atoms with Crippen molar-refractivity contribution in [3.8, 4) is 0 Å². The molecule has 118 valence electrons. The van der Waals surface area contributed by atoms with E-state index < -0.39 is 0 Å². The van der Waals surface area contributed by atoms with Gasteiger partial charge in [0.25, 0.3) is 0 Å². The second-order valence-electron chi connectivity index (χ2n) is 5.64. The van der Waals surface area contributed by atoms with Gasteiger partial charge in [-0.1, -0.05) is 19.8 Å². The van der Waals surface area contributed by atoms with Crippen LogP contribution in [0, 0.1) is 12.8 Å². The number of ether oxygens (including phenoxy) is 1. The SMILES string of the molecule is Cc1ncsc1CNC(=O)NCCOC1CCCCC1C. The molecule has 1 aliphatic rings. The van der Waals surface area contributed by atoms with Crippen molar-refractivity contribution in [1.29, 1.82) is 0 Å². The lowest BCUT2D eigenvalue weighted by Crippen LogP contribution is -2.38. The second kappa shape index (κ2) is 8.34. The first-order chi connectivity index (χ1) is 10.2. The molecule has 0 bridgehead atoms. The summed E-state index contributed by atoms with van der Waals surface area (Å²) in [5, 5.41) is 5.67. The Morgan fingerprint density at radius 2 is 2.24 bits per heavy atom. The van der Waals surface area contributed by atoms with Crippen LogP contribution in [0.5, 0.6) is 0 Å². The first-order valence-corrected chi connectivity index (χ1v) is 8.57. The largest absolute Gasteiger partial charge is 0.376 e. The molecule has 1 aromatic rings. The van der Waals surface area contributed by atoms with E-state index >= 15 is 0 Å². The van der Waals surface area contributed by atoms with E-state index in [9.17, 15) is 4.79 Å². The van der Waals surface area contributed by atoms with Gasteiger partial charge in [0, 0.05) is 11.4 Å². The number of hydrogen-bond acceptors (Lipinski definition) is 4. The highest BCUT2D eigenvalue weighted by Gasteiger charge is 2.21. The Kier molecular flexibility index (Phi) is 6.45. The number of rotatable bonds is 6. The quantitative estimate of drug-likeness (QED) is 0.794. The zero-order chi connectivity index (χ0) is 15.1. The van der Waals surface area contributed by atoms with Gasteiger partial charge in [-0.2, -0.15) is 0 Å². The van der Waals surface area contributed by atoms with E-state index in [0.29, 0.717) is 31.7 Å². The van der Waals surface area contributed by atoms with Gasteiger partial charge in [0.15, 0.2) is 0 Å². The lowest BCUT2D eigenvalue weighted by Gasteiger charge is -2.28. The number of thiazole rings is 1. The van der Waals surface area contributed by atoms with E-state index in [1.807, 2.05) is 6.92 Å². The summed E-state index contributed by atoms with van der Waals surface area (Å²) in [5.41, 5.74) is 2.78. The molecule has 0 saturated heterocycles. The molecule has 0 radical (unpaired) electrons. The number of amides is 2. The number of aromatic nitrogens is 1. The minimum atomic E-state index is -0.150. The van der Waals surface area contributed by atoms with Crippen LogP contribution in [-0.4, -0.2) is 30.3 Å². The average molecular weight is 311 g/mol. The predicted molar refractivity (Wildman–Crippen MR) is 84.5 cm³/mol. The lowest BCUT2D eigenvalue weighted by atomic mass is 9.88. The van der Waals surface area contributed by atoms with Gasteiger partial charge in [-0.05, 0) is 25.7 Å². The Hall–Kier alpha value is -1.14. The number of nitrogens with zero attached hydrogens (tertiary/aromatic N) is 1. The summed E-state index contributed by atoms with van der Waals surface area (Å²) in [6, 6.07) is -0.150. The van der Waals surface area contributed by atoms with Gasteiger partial charge in [-0.3, -0.25) is 0 Å². The number of nitrogens with one attached hydrogen (secondary N) is 2. The number of carbonyl (C=O) groups excluding carboxylic acids is 1. The third kappa shape index (κ3) is 5.28. The van der Waals surface area contributed by atoms with Crippen molar-refractivity contribution in [1.82, 2.24) is 15.6 Å². The van der Waals surface area contributed by atoms with Crippen molar-refractivity contribution < 1.29 is 9.53 Å². The molecule has 1 heterocycles. The van der Waals surface area contributed by atoms with Crippen molar-refractivity contribution in [2.75, 3.05) is 13.2 Å². The zero-order valence-corrected chi connectivity index (χ0v) is 13.7. The highest BCUT2D eigenvalue weighted by atomic mass is 32.1. The summed E-state index contributed by atoms with van der Waals surface area (Å²) >= 11 is 1.56.